The van der Waals surface area contributed by atoms with Crippen LogP contribution in [0.25, 0.3) is 0 Å². The highest BCUT2D eigenvalue weighted by atomic mass is 79.9. The summed E-state index contributed by atoms with van der Waals surface area (Å²) in [6.07, 6.45) is 1.46. The van der Waals surface area contributed by atoms with Crippen LogP contribution in [0.5, 0.6) is 0 Å². The highest BCUT2D eigenvalue weighted by Crippen LogP contribution is 2.31. The molecular weight excluding hydrogens is 324 g/mol. The second kappa shape index (κ2) is 6.35. The predicted molar refractivity (Wildman–Crippen MR) is 80.5 cm³/mol. The van der Waals surface area contributed by atoms with Crippen LogP contribution >= 0.6 is 15.9 Å². The van der Waals surface area contributed by atoms with E-state index in [1.807, 2.05) is 6.92 Å². The molecule has 0 saturated heterocycles. The summed E-state index contributed by atoms with van der Waals surface area (Å²) < 4.78 is 0.716. The Morgan fingerprint density at radius 1 is 1.50 bits per heavy atom. The van der Waals surface area contributed by atoms with Gasteiger partial charge in [-0.25, -0.2) is 4.98 Å². The topological polar surface area (TPSA) is 79.3 Å². The minimum atomic E-state index is -1.08. The number of nitrogens with zero attached hydrogens (tertiary/aromatic N) is 1. The first kappa shape index (κ1) is 16.6. The zero-order chi connectivity index (χ0) is 15.5. The van der Waals surface area contributed by atoms with Gasteiger partial charge < -0.3 is 10.4 Å². The quantitative estimate of drug-likeness (QED) is 0.805. The normalized spacial score (nSPS) is 13.9. The van der Waals surface area contributed by atoms with E-state index in [1.165, 1.54) is 6.20 Å². The van der Waals surface area contributed by atoms with Crippen LogP contribution in [0, 0.1) is 18.3 Å². The largest absolute Gasteiger partial charge is 0.481 e. The van der Waals surface area contributed by atoms with Crippen molar-refractivity contribution < 1.29 is 14.7 Å². The summed E-state index contributed by atoms with van der Waals surface area (Å²) in [5.41, 5.74) is 0.377. The molecule has 0 aromatic carbocycles. The van der Waals surface area contributed by atoms with E-state index in [0.717, 1.165) is 5.56 Å². The number of carbonyl (C=O) groups excluding carboxylic acids is 1. The number of nitrogens with one attached hydrogen (secondary N) is 1. The number of carbonyl (C=O) groups is 2. The van der Waals surface area contributed by atoms with E-state index in [4.69, 9.17) is 0 Å². The third kappa shape index (κ3) is 3.79. The Morgan fingerprint density at radius 2 is 2.10 bits per heavy atom. The molecule has 0 radical (unpaired) electrons. The maximum atomic E-state index is 12.0. The van der Waals surface area contributed by atoms with Crippen molar-refractivity contribution in [1.29, 1.82) is 0 Å². The van der Waals surface area contributed by atoms with Crippen molar-refractivity contribution in [2.24, 2.45) is 11.3 Å². The van der Waals surface area contributed by atoms with E-state index in [0.29, 0.717) is 10.3 Å². The summed E-state index contributed by atoms with van der Waals surface area (Å²) in [5, 5.41) is 12.0. The Kier molecular flexibility index (Phi) is 5.28. The number of rotatable bonds is 5. The van der Waals surface area contributed by atoms with Crippen molar-refractivity contribution in [2.45, 2.75) is 34.1 Å². The van der Waals surface area contributed by atoms with Crippen molar-refractivity contribution in [3.8, 4) is 0 Å². The van der Waals surface area contributed by atoms with E-state index < -0.39 is 11.4 Å². The van der Waals surface area contributed by atoms with Crippen LogP contribution in [0.1, 0.15) is 32.8 Å². The van der Waals surface area contributed by atoms with E-state index in [-0.39, 0.29) is 18.2 Å². The molecule has 1 amide bonds. The van der Waals surface area contributed by atoms with E-state index >= 15 is 0 Å². The van der Waals surface area contributed by atoms with Gasteiger partial charge in [0.25, 0.3) is 0 Å². The fourth-order valence-electron chi connectivity index (χ4n) is 1.69. The molecule has 20 heavy (non-hydrogen) atoms. The summed E-state index contributed by atoms with van der Waals surface area (Å²) in [6, 6.07) is 1.78. The molecule has 1 rings (SSSR count). The van der Waals surface area contributed by atoms with Gasteiger partial charge in [-0.05, 0) is 47.3 Å². The predicted octanol–water partition coefficient (Wildman–Crippen LogP) is 3.23. The molecule has 0 saturated carbocycles. The SMILES string of the molecule is Cc1cc(NC(=O)CC(C)(C(=O)O)C(C)C)cnc1Br. The molecule has 110 valence electrons. The minimum absolute atomic E-state index is 0.0743. The summed E-state index contributed by atoms with van der Waals surface area (Å²) in [4.78, 5) is 27.5. The van der Waals surface area contributed by atoms with Crippen LogP contribution in [-0.4, -0.2) is 22.0 Å². The molecule has 0 bridgehead atoms. The van der Waals surface area contributed by atoms with E-state index in [9.17, 15) is 14.7 Å². The van der Waals surface area contributed by atoms with Gasteiger partial charge in [-0.2, -0.15) is 0 Å². The number of aryl methyl sites for hydroxylation is 1. The minimum Gasteiger partial charge on any atom is -0.481 e. The lowest BCUT2D eigenvalue weighted by Crippen LogP contribution is -2.37. The lowest BCUT2D eigenvalue weighted by atomic mass is 9.76. The summed E-state index contributed by atoms with van der Waals surface area (Å²) in [5.74, 6) is -1.43. The molecular formula is C14H19BrN2O3. The molecule has 5 nitrogen and oxygen atoms in total. The van der Waals surface area contributed by atoms with Gasteiger partial charge in [-0.15, -0.1) is 0 Å². The van der Waals surface area contributed by atoms with E-state index in [1.54, 1.807) is 26.8 Å². The highest BCUT2D eigenvalue weighted by Gasteiger charge is 2.38. The maximum Gasteiger partial charge on any atom is 0.310 e. The third-order valence-corrected chi connectivity index (χ3v) is 4.42. The number of amides is 1. The van der Waals surface area contributed by atoms with Crippen LogP contribution < -0.4 is 5.32 Å². The van der Waals surface area contributed by atoms with Crippen molar-refractivity contribution in [3.05, 3.63) is 22.4 Å². The fraction of sp³-hybridized carbons (Fsp3) is 0.500. The Labute approximate surface area is 126 Å². The molecule has 0 aliphatic rings. The Balaban J connectivity index is 2.81. The highest BCUT2D eigenvalue weighted by molar-refractivity contribution is 9.10. The van der Waals surface area contributed by atoms with Gasteiger partial charge in [0.1, 0.15) is 4.60 Å². The Hall–Kier alpha value is -1.43. The molecule has 1 atom stereocenters. The molecule has 1 aromatic rings. The number of pyridine rings is 1. The van der Waals surface area contributed by atoms with Crippen molar-refractivity contribution in [2.75, 3.05) is 5.32 Å². The molecule has 1 aromatic heterocycles. The number of halogens is 1. The number of anilines is 1. The number of carboxylic acids is 1. The zero-order valence-electron chi connectivity index (χ0n) is 12.0. The summed E-state index contributed by atoms with van der Waals surface area (Å²) in [7, 11) is 0. The number of aliphatic carboxylic acids is 1. The molecule has 0 aliphatic heterocycles. The van der Waals surface area contributed by atoms with Crippen molar-refractivity contribution in [1.82, 2.24) is 4.98 Å². The van der Waals surface area contributed by atoms with Gasteiger partial charge >= 0.3 is 5.97 Å². The van der Waals surface area contributed by atoms with Gasteiger partial charge in [0, 0.05) is 6.42 Å². The second-order valence-corrected chi connectivity index (χ2v) is 6.19. The van der Waals surface area contributed by atoms with Gasteiger partial charge in [0.05, 0.1) is 17.3 Å². The maximum absolute atomic E-state index is 12.0. The lowest BCUT2D eigenvalue weighted by molar-refractivity contribution is -0.153. The van der Waals surface area contributed by atoms with Crippen molar-refractivity contribution in [3.63, 3.8) is 0 Å². The van der Waals surface area contributed by atoms with Crippen molar-refractivity contribution >= 4 is 33.5 Å². The van der Waals surface area contributed by atoms with Crippen LogP contribution in [0.2, 0.25) is 0 Å². The number of hydrogen-bond acceptors (Lipinski definition) is 3. The number of carboxylic acid groups (broad SMARTS) is 1. The first-order valence-corrected chi connectivity index (χ1v) is 7.11. The Morgan fingerprint density at radius 3 is 2.55 bits per heavy atom. The first-order chi connectivity index (χ1) is 9.16. The van der Waals surface area contributed by atoms with E-state index in [2.05, 4.69) is 26.2 Å². The molecule has 2 N–H and O–H groups in total. The van der Waals surface area contributed by atoms with Crippen LogP contribution in [0.4, 0.5) is 5.69 Å². The molecule has 0 fully saturated rings. The second-order valence-electron chi connectivity index (χ2n) is 5.43. The van der Waals surface area contributed by atoms with Gasteiger partial charge in [-0.1, -0.05) is 13.8 Å². The average molecular weight is 343 g/mol. The average Bonchev–Trinajstić information content (AvgIpc) is 2.33. The molecule has 1 unspecified atom stereocenters. The summed E-state index contributed by atoms with van der Waals surface area (Å²) in [6.45, 7) is 7.05. The standard InChI is InChI=1S/C14H19BrN2O3/c1-8(2)14(4,13(19)20)6-11(18)17-10-5-9(3)12(15)16-7-10/h5,7-8H,6H2,1-4H3,(H,17,18)(H,19,20). The first-order valence-electron chi connectivity index (χ1n) is 6.32. The van der Waals surface area contributed by atoms with Gasteiger partial charge in [-0.3, -0.25) is 9.59 Å². The molecule has 1 heterocycles. The lowest BCUT2D eigenvalue weighted by Gasteiger charge is -2.28. The monoisotopic (exact) mass is 342 g/mol. The van der Waals surface area contributed by atoms with Crippen LogP contribution in [-0.2, 0) is 9.59 Å². The molecule has 6 heteroatoms. The Bertz CT molecular complexity index is 531. The van der Waals surface area contributed by atoms with Gasteiger partial charge in [0.15, 0.2) is 0 Å². The van der Waals surface area contributed by atoms with Crippen LogP contribution in [0.3, 0.4) is 0 Å². The van der Waals surface area contributed by atoms with Gasteiger partial charge in [0.2, 0.25) is 5.91 Å². The van der Waals surface area contributed by atoms with Crippen LogP contribution in [0.15, 0.2) is 16.9 Å². The smallest absolute Gasteiger partial charge is 0.310 e. The zero-order valence-corrected chi connectivity index (χ0v) is 13.6. The molecule has 0 aliphatic carbocycles. The number of aromatic nitrogens is 1. The fourth-order valence-corrected chi connectivity index (χ4v) is 1.91. The number of hydrogen-bond donors (Lipinski definition) is 2. The summed E-state index contributed by atoms with van der Waals surface area (Å²) >= 11 is 3.28. The molecule has 0 spiro atoms. The third-order valence-electron chi connectivity index (χ3n) is 3.59.